The van der Waals surface area contributed by atoms with Gasteiger partial charge in [0.25, 0.3) is 11.6 Å². The zero-order chi connectivity index (χ0) is 18.7. The van der Waals surface area contributed by atoms with E-state index in [-0.39, 0.29) is 16.6 Å². The zero-order valence-electron chi connectivity index (χ0n) is 13.9. The molecule has 0 radical (unpaired) electrons. The summed E-state index contributed by atoms with van der Waals surface area (Å²) in [5, 5.41) is 11.0. The standard InChI is InChI=1S/C18H17BrClN3O3/c19-15-4-2-1-3-14(15)12-21-7-9-22(10-8-21)18(24)13-5-6-16(20)17(11-13)23(25)26/h1-6,11H,7-10,12H2. The summed E-state index contributed by atoms with van der Waals surface area (Å²) in [4.78, 5) is 27.1. The van der Waals surface area contributed by atoms with Crippen molar-refractivity contribution in [3.63, 3.8) is 0 Å². The van der Waals surface area contributed by atoms with Gasteiger partial charge in [0.1, 0.15) is 5.02 Å². The minimum absolute atomic E-state index is 0.0322. The van der Waals surface area contributed by atoms with Gasteiger partial charge in [-0.2, -0.15) is 0 Å². The first-order valence-electron chi connectivity index (χ1n) is 8.14. The van der Waals surface area contributed by atoms with Gasteiger partial charge in [-0.1, -0.05) is 45.7 Å². The maximum Gasteiger partial charge on any atom is 0.288 e. The molecule has 0 atom stereocenters. The molecule has 0 unspecified atom stereocenters. The average Bonchev–Trinajstić information content (AvgIpc) is 2.64. The lowest BCUT2D eigenvalue weighted by atomic mass is 10.1. The van der Waals surface area contributed by atoms with Crippen LogP contribution in [0.4, 0.5) is 5.69 Å². The molecule has 2 aromatic rings. The normalized spacial score (nSPS) is 15.1. The zero-order valence-corrected chi connectivity index (χ0v) is 16.2. The fourth-order valence-electron chi connectivity index (χ4n) is 2.94. The topological polar surface area (TPSA) is 66.7 Å². The van der Waals surface area contributed by atoms with Crippen LogP contribution in [0.3, 0.4) is 0 Å². The maximum absolute atomic E-state index is 12.6. The molecule has 2 aromatic carbocycles. The second-order valence-corrected chi connectivity index (χ2v) is 7.34. The number of rotatable bonds is 4. The van der Waals surface area contributed by atoms with Crippen molar-refractivity contribution in [3.8, 4) is 0 Å². The molecule has 1 aliphatic heterocycles. The van der Waals surface area contributed by atoms with Crippen molar-refractivity contribution in [2.75, 3.05) is 26.2 Å². The fourth-order valence-corrected chi connectivity index (χ4v) is 3.54. The number of hydrogen-bond acceptors (Lipinski definition) is 4. The number of nitro benzene ring substituents is 1. The molecule has 0 aromatic heterocycles. The van der Waals surface area contributed by atoms with E-state index >= 15 is 0 Å². The lowest BCUT2D eigenvalue weighted by Crippen LogP contribution is -2.48. The van der Waals surface area contributed by atoms with E-state index in [9.17, 15) is 14.9 Å². The second-order valence-electron chi connectivity index (χ2n) is 6.08. The van der Waals surface area contributed by atoms with Gasteiger partial charge in [-0.3, -0.25) is 19.8 Å². The van der Waals surface area contributed by atoms with Crippen LogP contribution in [0, 0.1) is 10.1 Å². The average molecular weight is 439 g/mol. The van der Waals surface area contributed by atoms with E-state index < -0.39 is 4.92 Å². The molecule has 0 saturated carbocycles. The van der Waals surface area contributed by atoms with Crippen LogP contribution in [-0.4, -0.2) is 46.8 Å². The monoisotopic (exact) mass is 437 g/mol. The Morgan fingerprint density at radius 1 is 1.15 bits per heavy atom. The first-order valence-corrected chi connectivity index (χ1v) is 9.32. The number of halogens is 2. The van der Waals surface area contributed by atoms with E-state index in [0.717, 1.165) is 24.1 Å². The predicted molar refractivity (Wildman–Crippen MR) is 103 cm³/mol. The van der Waals surface area contributed by atoms with Gasteiger partial charge in [-0.05, 0) is 23.8 Å². The largest absolute Gasteiger partial charge is 0.336 e. The van der Waals surface area contributed by atoms with Gasteiger partial charge in [0.05, 0.1) is 4.92 Å². The Balaban J connectivity index is 1.63. The fraction of sp³-hybridized carbons (Fsp3) is 0.278. The maximum atomic E-state index is 12.6. The minimum atomic E-state index is -0.575. The summed E-state index contributed by atoms with van der Waals surface area (Å²) in [5.41, 5.74) is 1.26. The summed E-state index contributed by atoms with van der Waals surface area (Å²) < 4.78 is 1.08. The summed E-state index contributed by atoms with van der Waals surface area (Å²) >= 11 is 9.37. The third-order valence-electron chi connectivity index (χ3n) is 4.40. The van der Waals surface area contributed by atoms with Gasteiger partial charge in [-0.15, -0.1) is 0 Å². The highest BCUT2D eigenvalue weighted by atomic mass is 79.9. The molecule has 0 spiro atoms. The number of piperazine rings is 1. The molecule has 26 heavy (non-hydrogen) atoms. The number of amides is 1. The van der Waals surface area contributed by atoms with Crippen LogP contribution in [0.2, 0.25) is 5.02 Å². The number of carbonyl (C=O) groups is 1. The van der Waals surface area contributed by atoms with E-state index in [0.29, 0.717) is 18.7 Å². The molecule has 3 rings (SSSR count). The van der Waals surface area contributed by atoms with E-state index in [1.807, 2.05) is 18.2 Å². The summed E-state index contributed by atoms with van der Waals surface area (Å²) in [6.45, 7) is 3.49. The molecule has 0 bridgehead atoms. The Labute approximate surface area is 164 Å². The first kappa shape index (κ1) is 18.8. The van der Waals surface area contributed by atoms with Crippen molar-refractivity contribution in [2.24, 2.45) is 0 Å². The molecule has 1 heterocycles. The van der Waals surface area contributed by atoms with Gasteiger partial charge in [0, 0.05) is 48.8 Å². The van der Waals surface area contributed by atoms with Gasteiger partial charge in [-0.25, -0.2) is 0 Å². The molecule has 6 nitrogen and oxygen atoms in total. The summed E-state index contributed by atoms with van der Waals surface area (Å²) in [6.07, 6.45) is 0. The second kappa shape index (κ2) is 8.16. The Morgan fingerprint density at radius 2 is 1.85 bits per heavy atom. The van der Waals surface area contributed by atoms with Crippen molar-refractivity contribution in [1.82, 2.24) is 9.80 Å². The van der Waals surface area contributed by atoms with Crippen molar-refractivity contribution < 1.29 is 9.72 Å². The number of nitrogens with zero attached hydrogens (tertiary/aromatic N) is 3. The van der Waals surface area contributed by atoms with Gasteiger partial charge >= 0.3 is 0 Å². The summed E-state index contributed by atoms with van der Waals surface area (Å²) in [7, 11) is 0. The molecule has 0 aliphatic carbocycles. The van der Waals surface area contributed by atoms with Crippen LogP contribution in [0.1, 0.15) is 15.9 Å². The number of nitro groups is 1. The summed E-state index contributed by atoms with van der Waals surface area (Å²) in [5.74, 6) is -0.203. The van der Waals surface area contributed by atoms with Crippen LogP contribution in [-0.2, 0) is 6.54 Å². The highest BCUT2D eigenvalue weighted by Crippen LogP contribution is 2.26. The molecule has 1 amide bonds. The predicted octanol–water partition coefficient (Wildman–Crippen LogP) is 3.97. The van der Waals surface area contributed by atoms with E-state index in [1.54, 1.807) is 4.90 Å². The van der Waals surface area contributed by atoms with Crippen LogP contribution >= 0.6 is 27.5 Å². The van der Waals surface area contributed by atoms with Crippen molar-refractivity contribution >= 4 is 39.1 Å². The third-order valence-corrected chi connectivity index (χ3v) is 5.49. The van der Waals surface area contributed by atoms with Crippen molar-refractivity contribution in [1.29, 1.82) is 0 Å². The Hall–Kier alpha value is -1.96. The Kier molecular flexibility index (Phi) is 5.90. The number of hydrogen-bond donors (Lipinski definition) is 0. The van der Waals surface area contributed by atoms with Gasteiger partial charge in [0.2, 0.25) is 0 Å². The lowest BCUT2D eigenvalue weighted by molar-refractivity contribution is -0.384. The van der Waals surface area contributed by atoms with Crippen LogP contribution in [0.15, 0.2) is 46.9 Å². The first-order chi connectivity index (χ1) is 12.5. The molecule has 1 saturated heterocycles. The van der Waals surface area contributed by atoms with Crippen molar-refractivity contribution in [3.05, 3.63) is 73.2 Å². The number of benzene rings is 2. The van der Waals surface area contributed by atoms with E-state index in [4.69, 9.17) is 11.6 Å². The molecule has 136 valence electrons. The molecule has 1 aliphatic rings. The third kappa shape index (κ3) is 4.23. The quantitative estimate of drug-likeness (QED) is 0.535. The van der Waals surface area contributed by atoms with Crippen LogP contribution in [0.25, 0.3) is 0 Å². The highest BCUT2D eigenvalue weighted by molar-refractivity contribution is 9.10. The van der Waals surface area contributed by atoms with E-state index in [2.05, 4.69) is 26.9 Å². The smallest absolute Gasteiger partial charge is 0.288 e. The van der Waals surface area contributed by atoms with Crippen molar-refractivity contribution in [2.45, 2.75) is 6.54 Å². The SMILES string of the molecule is O=C(c1ccc(Cl)c([N+](=O)[O-])c1)N1CCN(Cc2ccccc2Br)CC1. The Morgan fingerprint density at radius 3 is 2.50 bits per heavy atom. The molecular weight excluding hydrogens is 422 g/mol. The number of carbonyl (C=O) groups excluding carboxylic acids is 1. The van der Waals surface area contributed by atoms with E-state index in [1.165, 1.54) is 23.8 Å². The Bertz CT molecular complexity index is 838. The lowest BCUT2D eigenvalue weighted by Gasteiger charge is -2.35. The minimum Gasteiger partial charge on any atom is -0.336 e. The van der Waals surface area contributed by atoms with Crippen LogP contribution < -0.4 is 0 Å². The summed E-state index contributed by atoms with van der Waals surface area (Å²) in [6, 6.07) is 12.3. The molecule has 8 heteroatoms. The molecular formula is C18H17BrClN3O3. The molecule has 1 fully saturated rings. The van der Waals surface area contributed by atoms with Gasteiger partial charge in [0.15, 0.2) is 0 Å². The molecule has 0 N–H and O–H groups in total. The highest BCUT2D eigenvalue weighted by Gasteiger charge is 2.24. The van der Waals surface area contributed by atoms with Crippen LogP contribution in [0.5, 0.6) is 0 Å². The van der Waals surface area contributed by atoms with Gasteiger partial charge < -0.3 is 4.90 Å².